The fourth-order valence-electron chi connectivity index (χ4n) is 3.83. The molecule has 0 saturated heterocycles. The van der Waals surface area contributed by atoms with Gasteiger partial charge in [0.05, 0.1) is 5.56 Å². The van der Waals surface area contributed by atoms with Crippen molar-refractivity contribution in [3.63, 3.8) is 0 Å². The third-order valence-electron chi connectivity index (χ3n) is 5.73. The van der Waals surface area contributed by atoms with Crippen molar-refractivity contribution >= 4 is 10.3 Å². The molecular formula is C24H33F3N2O3S. The van der Waals surface area contributed by atoms with Gasteiger partial charge in [-0.1, -0.05) is 67.8 Å². The number of halogens is 3. The molecule has 33 heavy (non-hydrogen) atoms. The minimum absolute atomic E-state index is 0.0428. The molecule has 5 nitrogen and oxygen atoms in total. The van der Waals surface area contributed by atoms with Crippen LogP contribution < -0.4 is 4.72 Å². The van der Waals surface area contributed by atoms with Crippen LogP contribution in [0.25, 0.3) is 0 Å². The molecule has 0 spiro atoms. The van der Waals surface area contributed by atoms with Crippen molar-refractivity contribution in [3.05, 3.63) is 71.3 Å². The van der Waals surface area contributed by atoms with Crippen molar-refractivity contribution in [3.8, 4) is 0 Å². The first-order chi connectivity index (χ1) is 15.4. The van der Waals surface area contributed by atoms with Crippen LogP contribution in [0.15, 0.2) is 54.6 Å². The average molecular weight is 487 g/mol. The van der Waals surface area contributed by atoms with Gasteiger partial charge in [-0.05, 0) is 50.4 Å². The van der Waals surface area contributed by atoms with E-state index >= 15 is 0 Å². The summed E-state index contributed by atoms with van der Waals surface area (Å²) in [6.45, 7) is 2.81. The lowest BCUT2D eigenvalue weighted by Crippen LogP contribution is -2.35. The second-order valence-electron chi connectivity index (χ2n) is 8.58. The van der Waals surface area contributed by atoms with Crippen LogP contribution in [0.1, 0.15) is 55.7 Å². The summed E-state index contributed by atoms with van der Waals surface area (Å²) in [5.41, 5.74) is 1.33. The van der Waals surface area contributed by atoms with E-state index in [1.54, 1.807) is 6.07 Å². The number of nitrogens with zero attached hydrogens (tertiary/aromatic N) is 1. The molecule has 2 aromatic carbocycles. The molecule has 2 aromatic rings. The molecule has 1 aliphatic carbocycles. The minimum atomic E-state index is -4.28. The van der Waals surface area contributed by atoms with Gasteiger partial charge in [0.2, 0.25) is 0 Å². The molecule has 0 bridgehead atoms. The minimum Gasteiger partial charge on any atom is -0.299 e. The van der Waals surface area contributed by atoms with Crippen molar-refractivity contribution in [1.82, 2.24) is 9.62 Å². The molecule has 3 rings (SSSR count). The zero-order valence-electron chi connectivity index (χ0n) is 19.1. The Morgan fingerprint density at radius 3 is 2.21 bits per heavy atom. The van der Waals surface area contributed by atoms with Crippen molar-refractivity contribution in [1.29, 1.82) is 0 Å². The van der Waals surface area contributed by atoms with Crippen LogP contribution in [0.4, 0.5) is 13.2 Å². The van der Waals surface area contributed by atoms with Gasteiger partial charge in [0, 0.05) is 18.6 Å². The maximum atomic E-state index is 12.7. The SMILES string of the molecule is CC(Cc1cccc(C(F)(F)F)c1)N(C)Cc1ccccc1.O=S(=O)(O)NC1CCCCC1. The molecule has 184 valence electrons. The normalized spacial score (nSPS) is 16.2. The average Bonchev–Trinajstić information content (AvgIpc) is 2.74. The monoisotopic (exact) mass is 486 g/mol. The number of hydrogen-bond donors (Lipinski definition) is 2. The molecule has 1 atom stereocenters. The maximum absolute atomic E-state index is 12.7. The number of nitrogens with one attached hydrogen (secondary N) is 1. The number of alkyl halides is 3. The van der Waals surface area contributed by atoms with E-state index < -0.39 is 22.0 Å². The van der Waals surface area contributed by atoms with E-state index in [1.807, 2.05) is 44.3 Å². The predicted molar refractivity (Wildman–Crippen MR) is 124 cm³/mol. The van der Waals surface area contributed by atoms with E-state index in [9.17, 15) is 21.6 Å². The van der Waals surface area contributed by atoms with Gasteiger partial charge in [0.15, 0.2) is 0 Å². The molecule has 0 heterocycles. The smallest absolute Gasteiger partial charge is 0.299 e. The van der Waals surface area contributed by atoms with Gasteiger partial charge in [-0.3, -0.25) is 9.45 Å². The first kappa shape index (κ1) is 27.3. The first-order valence-electron chi connectivity index (χ1n) is 11.1. The Bertz CT molecular complexity index is 947. The Balaban J connectivity index is 0.000000294. The number of benzene rings is 2. The van der Waals surface area contributed by atoms with Crippen LogP contribution >= 0.6 is 0 Å². The van der Waals surface area contributed by atoms with Gasteiger partial charge >= 0.3 is 16.5 Å². The Morgan fingerprint density at radius 2 is 1.64 bits per heavy atom. The van der Waals surface area contributed by atoms with Crippen LogP contribution in [0.2, 0.25) is 0 Å². The standard InChI is InChI=1S/C18H20F3N.C6H13NO3S/c1-14(22(2)13-15-7-4-3-5-8-15)11-16-9-6-10-17(12-16)18(19,20)21;8-11(9,10)7-6-4-2-1-3-5-6/h3-10,12,14H,11,13H2,1-2H3;6-7H,1-5H2,(H,8,9,10). The summed E-state index contributed by atoms with van der Waals surface area (Å²) >= 11 is 0. The summed E-state index contributed by atoms with van der Waals surface area (Å²) in [5, 5.41) is 0. The first-order valence-corrected chi connectivity index (χ1v) is 12.5. The molecular weight excluding hydrogens is 453 g/mol. The van der Waals surface area contributed by atoms with Gasteiger partial charge in [0.1, 0.15) is 0 Å². The van der Waals surface area contributed by atoms with E-state index in [0.29, 0.717) is 12.0 Å². The fourth-order valence-corrected chi connectivity index (χ4v) is 4.49. The van der Waals surface area contributed by atoms with Crippen LogP contribution in [0, 0.1) is 0 Å². The van der Waals surface area contributed by atoms with E-state index in [-0.39, 0.29) is 12.1 Å². The molecule has 0 radical (unpaired) electrons. The van der Waals surface area contributed by atoms with Gasteiger partial charge in [-0.25, -0.2) is 0 Å². The summed E-state index contributed by atoms with van der Waals surface area (Å²) in [6, 6.07) is 15.7. The van der Waals surface area contributed by atoms with Crippen LogP contribution in [0.3, 0.4) is 0 Å². The van der Waals surface area contributed by atoms with Crippen molar-refractivity contribution < 1.29 is 26.1 Å². The van der Waals surface area contributed by atoms with E-state index in [1.165, 1.54) is 24.1 Å². The predicted octanol–water partition coefficient (Wildman–Crippen LogP) is 5.48. The highest BCUT2D eigenvalue weighted by Crippen LogP contribution is 2.30. The van der Waals surface area contributed by atoms with Crippen LogP contribution in [-0.4, -0.2) is 37.0 Å². The highest BCUT2D eigenvalue weighted by atomic mass is 32.2. The van der Waals surface area contributed by atoms with Gasteiger partial charge in [-0.2, -0.15) is 26.3 Å². The molecule has 0 aromatic heterocycles. The van der Waals surface area contributed by atoms with Crippen LogP contribution in [-0.2, 0) is 29.4 Å². The second-order valence-corrected chi connectivity index (χ2v) is 9.77. The summed E-state index contributed by atoms with van der Waals surface area (Å²) < 4.78 is 69.5. The molecule has 9 heteroatoms. The van der Waals surface area contributed by atoms with Crippen molar-refractivity contribution in [2.75, 3.05) is 7.05 Å². The number of likely N-dealkylation sites (N-methyl/N-ethyl adjacent to an activating group) is 1. The topological polar surface area (TPSA) is 69.6 Å². The third-order valence-corrected chi connectivity index (χ3v) is 6.36. The van der Waals surface area contributed by atoms with Crippen molar-refractivity contribution in [2.24, 2.45) is 0 Å². The Labute approximate surface area is 194 Å². The second kappa shape index (κ2) is 12.5. The fraction of sp³-hybridized carbons (Fsp3) is 0.500. The number of rotatable bonds is 7. The molecule has 1 unspecified atom stereocenters. The third kappa shape index (κ3) is 10.7. The summed E-state index contributed by atoms with van der Waals surface area (Å²) in [6.07, 6.45) is 1.27. The zero-order valence-corrected chi connectivity index (χ0v) is 19.9. The Hall–Kier alpha value is -1.94. The zero-order chi connectivity index (χ0) is 24.5. The molecule has 1 saturated carbocycles. The molecule has 0 amide bonds. The highest BCUT2D eigenvalue weighted by Gasteiger charge is 2.30. The number of hydrogen-bond acceptors (Lipinski definition) is 3. The molecule has 0 aliphatic heterocycles. The quantitative estimate of drug-likeness (QED) is 0.509. The molecule has 1 aliphatic rings. The van der Waals surface area contributed by atoms with Crippen molar-refractivity contribution in [2.45, 2.75) is 70.3 Å². The highest BCUT2D eigenvalue weighted by molar-refractivity contribution is 7.83. The van der Waals surface area contributed by atoms with E-state index in [0.717, 1.165) is 38.3 Å². The van der Waals surface area contributed by atoms with Gasteiger partial charge in [0.25, 0.3) is 0 Å². The van der Waals surface area contributed by atoms with Crippen LogP contribution in [0.5, 0.6) is 0 Å². The summed E-state index contributed by atoms with van der Waals surface area (Å²) in [7, 11) is -1.98. The maximum Gasteiger partial charge on any atom is 0.416 e. The lowest BCUT2D eigenvalue weighted by atomic mass is 9.96. The summed E-state index contributed by atoms with van der Waals surface area (Å²) in [4.78, 5) is 2.15. The van der Waals surface area contributed by atoms with E-state index in [2.05, 4.69) is 9.62 Å². The lowest BCUT2D eigenvalue weighted by molar-refractivity contribution is -0.137. The Morgan fingerprint density at radius 1 is 1.03 bits per heavy atom. The van der Waals surface area contributed by atoms with E-state index in [4.69, 9.17) is 4.55 Å². The summed E-state index contributed by atoms with van der Waals surface area (Å²) in [5.74, 6) is 0. The largest absolute Gasteiger partial charge is 0.416 e. The molecule has 2 N–H and O–H groups in total. The van der Waals surface area contributed by atoms with Gasteiger partial charge in [-0.15, -0.1) is 0 Å². The Kier molecular flexibility index (Phi) is 10.3. The molecule has 1 fully saturated rings. The lowest BCUT2D eigenvalue weighted by Gasteiger charge is -2.25. The van der Waals surface area contributed by atoms with Gasteiger partial charge < -0.3 is 0 Å².